The number of para-hydroxylation sites is 2. The van der Waals surface area contributed by atoms with Crippen molar-refractivity contribution in [2.45, 2.75) is 26.4 Å². The molecule has 1 N–H and O–H groups in total. The van der Waals surface area contributed by atoms with E-state index in [4.69, 9.17) is 14.2 Å². The molecule has 0 bridgehead atoms. The van der Waals surface area contributed by atoms with Crippen molar-refractivity contribution < 1.29 is 19.0 Å². The molecule has 1 atom stereocenters. The van der Waals surface area contributed by atoms with E-state index in [2.05, 4.69) is 27.2 Å². The SMILES string of the molecule is CCOc1ccccc1NC(=O)[C@@H](C)N1CCN(Cc2ccc3c(c2)OCO3)CC1. The summed E-state index contributed by atoms with van der Waals surface area (Å²) >= 11 is 0. The zero-order chi connectivity index (χ0) is 20.9. The van der Waals surface area contributed by atoms with Gasteiger partial charge >= 0.3 is 0 Å². The number of ether oxygens (including phenoxy) is 3. The first-order chi connectivity index (χ1) is 14.6. The largest absolute Gasteiger partial charge is 0.492 e. The minimum Gasteiger partial charge on any atom is -0.492 e. The zero-order valence-electron chi connectivity index (χ0n) is 17.6. The van der Waals surface area contributed by atoms with Gasteiger partial charge in [0.1, 0.15) is 5.75 Å². The third-order valence-electron chi connectivity index (χ3n) is 5.62. The second kappa shape index (κ2) is 9.36. The van der Waals surface area contributed by atoms with Gasteiger partial charge in [0.25, 0.3) is 0 Å². The van der Waals surface area contributed by atoms with Crippen molar-refractivity contribution in [2.75, 3.05) is 44.9 Å². The highest BCUT2D eigenvalue weighted by Crippen LogP contribution is 2.33. The highest BCUT2D eigenvalue weighted by molar-refractivity contribution is 5.95. The number of hydrogen-bond acceptors (Lipinski definition) is 6. The van der Waals surface area contributed by atoms with E-state index in [9.17, 15) is 4.79 Å². The van der Waals surface area contributed by atoms with Crippen molar-refractivity contribution in [1.29, 1.82) is 0 Å². The van der Waals surface area contributed by atoms with Gasteiger partial charge in [-0.3, -0.25) is 14.6 Å². The van der Waals surface area contributed by atoms with Crippen LogP contribution in [-0.4, -0.2) is 61.3 Å². The Labute approximate surface area is 177 Å². The number of nitrogens with one attached hydrogen (secondary N) is 1. The third-order valence-corrected chi connectivity index (χ3v) is 5.62. The molecule has 2 aliphatic heterocycles. The average molecular weight is 412 g/mol. The van der Waals surface area contributed by atoms with Crippen LogP contribution in [-0.2, 0) is 11.3 Å². The van der Waals surface area contributed by atoms with Crippen LogP contribution in [0.3, 0.4) is 0 Å². The second-order valence-corrected chi connectivity index (χ2v) is 7.59. The minimum atomic E-state index is -0.202. The van der Waals surface area contributed by atoms with Gasteiger partial charge < -0.3 is 19.5 Å². The van der Waals surface area contributed by atoms with Crippen LogP contribution in [0.25, 0.3) is 0 Å². The first kappa shape index (κ1) is 20.5. The molecular formula is C23H29N3O4. The summed E-state index contributed by atoms with van der Waals surface area (Å²) in [6.07, 6.45) is 0. The normalized spacial score (nSPS) is 17.5. The molecule has 2 aromatic rings. The monoisotopic (exact) mass is 411 g/mol. The predicted molar refractivity (Wildman–Crippen MR) is 115 cm³/mol. The van der Waals surface area contributed by atoms with Crippen LogP contribution < -0.4 is 19.5 Å². The van der Waals surface area contributed by atoms with Gasteiger partial charge in [0, 0.05) is 32.7 Å². The lowest BCUT2D eigenvalue weighted by atomic mass is 10.1. The number of carbonyl (C=O) groups is 1. The van der Waals surface area contributed by atoms with Gasteiger partial charge in [-0.1, -0.05) is 18.2 Å². The van der Waals surface area contributed by atoms with Crippen molar-refractivity contribution in [3.63, 3.8) is 0 Å². The molecular weight excluding hydrogens is 382 g/mol. The van der Waals surface area contributed by atoms with Gasteiger partial charge in [0.05, 0.1) is 18.3 Å². The molecule has 160 valence electrons. The first-order valence-electron chi connectivity index (χ1n) is 10.5. The van der Waals surface area contributed by atoms with Gasteiger partial charge in [-0.2, -0.15) is 0 Å². The molecule has 0 unspecified atom stereocenters. The molecule has 2 aromatic carbocycles. The van der Waals surface area contributed by atoms with Crippen molar-refractivity contribution in [3.05, 3.63) is 48.0 Å². The number of fused-ring (bicyclic) bond motifs is 1. The molecule has 7 heteroatoms. The van der Waals surface area contributed by atoms with Crippen LogP contribution in [0.1, 0.15) is 19.4 Å². The van der Waals surface area contributed by atoms with E-state index < -0.39 is 0 Å². The number of rotatable bonds is 7. The average Bonchev–Trinajstić information content (AvgIpc) is 3.23. The predicted octanol–water partition coefficient (Wildman–Crippen LogP) is 2.96. The van der Waals surface area contributed by atoms with Gasteiger partial charge in [-0.05, 0) is 43.7 Å². The Bertz CT molecular complexity index is 881. The second-order valence-electron chi connectivity index (χ2n) is 7.59. The summed E-state index contributed by atoms with van der Waals surface area (Å²) in [5.74, 6) is 2.33. The van der Waals surface area contributed by atoms with Crippen LogP contribution in [0, 0.1) is 0 Å². The summed E-state index contributed by atoms with van der Waals surface area (Å²) in [6.45, 7) is 9.17. The maximum Gasteiger partial charge on any atom is 0.241 e. The van der Waals surface area contributed by atoms with Crippen molar-refractivity contribution in [3.8, 4) is 17.2 Å². The number of hydrogen-bond donors (Lipinski definition) is 1. The number of benzene rings is 2. The Morgan fingerprint density at radius 1 is 1.10 bits per heavy atom. The fourth-order valence-corrected chi connectivity index (χ4v) is 3.86. The quantitative estimate of drug-likeness (QED) is 0.756. The Balaban J connectivity index is 1.29. The van der Waals surface area contributed by atoms with E-state index in [1.165, 1.54) is 5.56 Å². The molecule has 2 heterocycles. The number of carbonyl (C=O) groups excluding carboxylic acids is 1. The van der Waals surface area contributed by atoms with E-state index in [0.717, 1.165) is 49.9 Å². The number of nitrogens with zero attached hydrogens (tertiary/aromatic N) is 2. The lowest BCUT2D eigenvalue weighted by molar-refractivity contribution is -0.121. The molecule has 7 nitrogen and oxygen atoms in total. The van der Waals surface area contributed by atoms with Crippen molar-refractivity contribution in [1.82, 2.24) is 9.80 Å². The smallest absolute Gasteiger partial charge is 0.241 e. The Hall–Kier alpha value is -2.77. The molecule has 0 radical (unpaired) electrons. The molecule has 4 rings (SSSR count). The zero-order valence-corrected chi connectivity index (χ0v) is 17.6. The Kier molecular flexibility index (Phi) is 6.40. The van der Waals surface area contributed by atoms with E-state index in [-0.39, 0.29) is 11.9 Å². The van der Waals surface area contributed by atoms with E-state index >= 15 is 0 Å². The van der Waals surface area contributed by atoms with Crippen molar-refractivity contribution >= 4 is 11.6 Å². The van der Waals surface area contributed by atoms with Gasteiger partial charge in [-0.15, -0.1) is 0 Å². The molecule has 1 fully saturated rings. The maximum absolute atomic E-state index is 12.8. The number of anilines is 1. The highest BCUT2D eigenvalue weighted by Gasteiger charge is 2.26. The van der Waals surface area contributed by atoms with Gasteiger partial charge in [-0.25, -0.2) is 0 Å². The van der Waals surface area contributed by atoms with Crippen LogP contribution >= 0.6 is 0 Å². The van der Waals surface area contributed by atoms with Gasteiger partial charge in [0.15, 0.2) is 11.5 Å². The summed E-state index contributed by atoms with van der Waals surface area (Å²) in [5, 5.41) is 3.02. The standard InChI is InChI=1S/C23H29N3O4/c1-3-28-20-7-5-4-6-19(20)24-23(27)17(2)26-12-10-25(11-13-26)15-18-8-9-21-22(14-18)30-16-29-21/h4-9,14,17H,3,10-13,15-16H2,1-2H3,(H,24,27)/t17-/m1/s1. The Morgan fingerprint density at radius 2 is 1.87 bits per heavy atom. The van der Waals surface area contributed by atoms with E-state index in [0.29, 0.717) is 19.1 Å². The van der Waals surface area contributed by atoms with Crippen LogP contribution in [0.2, 0.25) is 0 Å². The maximum atomic E-state index is 12.8. The van der Waals surface area contributed by atoms with E-state index in [1.807, 2.05) is 44.2 Å². The summed E-state index contributed by atoms with van der Waals surface area (Å²) in [5.41, 5.74) is 1.93. The molecule has 1 saturated heterocycles. The van der Waals surface area contributed by atoms with Crippen molar-refractivity contribution in [2.24, 2.45) is 0 Å². The molecule has 0 aromatic heterocycles. The fourth-order valence-electron chi connectivity index (χ4n) is 3.86. The molecule has 30 heavy (non-hydrogen) atoms. The van der Waals surface area contributed by atoms with Gasteiger partial charge in [0.2, 0.25) is 12.7 Å². The fraction of sp³-hybridized carbons (Fsp3) is 0.435. The van der Waals surface area contributed by atoms with Crippen LogP contribution in [0.4, 0.5) is 5.69 Å². The highest BCUT2D eigenvalue weighted by atomic mass is 16.7. The Morgan fingerprint density at radius 3 is 2.67 bits per heavy atom. The summed E-state index contributed by atoms with van der Waals surface area (Å²) in [6, 6.07) is 13.5. The summed E-state index contributed by atoms with van der Waals surface area (Å²) < 4.78 is 16.5. The third kappa shape index (κ3) is 4.68. The molecule has 0 spiro atoms. The molecule has 0 saturated carbocycles. The summed E-state index contributed by atoms with van der Waals surface area (Å²) in [7, 11) is 0. The number of piperazine rings is 1. The molecule has 2 aliphatic rings. The minimum absolute atomic E-state index is 0.00799. The topological polar surface area (TPSA) is 63.3 Å². The molecule has 0 aliphatic carbocycles. The lowest BCUT2D eigenvalue weighted by Crippen LogP contribution is -2.52. The first-order valence-corrected chi connectivity index (χ1v) is 10.5. The molecule has 1 amide bonds. The lowest BCUT2D eigenvalue weighted by Gasteiger charge is -2.37. The summed E-state index contributed by atoms with van der Waals surface area (Å²) in [4.78, 5) is 17.4. The van der Waals surface area contributed by atoms with E-state index in [1.54, 1.807) is 0 Å². The van der Waals surface area contributed by atoms with Crippen LogP contribution in [0.15, 0.2) is 42.5 Å². The number of amides is 1. The van der Waals surface area contributed by atoms with Crippen LogP contribution in [0.5, 0.6) is 17.2 Å².